The van der Waals surface area contributed by atoms with Crippen molar-refractivity contribution < 1.29 is 0 Å². The zero-order valence-corrected chi connectivity index (χ0v) is 11.0. The summed E-state index contributed by atoms with van der Waals surface area (Å²) in [4.78, 5) is 8.55. The molecule has 0 aliphatic heterocycles. The number of pyridine rings is 2. The first-order valence-corrected chi connectivity index (χ1v) is 6.57. The first-order chi connectivity index (χ1) is 9.88. The number of hydrogen-bond acceptors (Lipinski definition) is 4. The summed E-state index contributed by atoms with van der Waals surface area (Å²) >= 11 is 0. The predicted molar refractivity (Wildman–Crippen MR) is 79.7 cm³/mol. The maximum Gasteiger partial charge on any atom is 0.0678 e. The third-order valence-corrected chi connectivity index (χ3v) is 3.42. The molecule has 3 N–H and O–H groups in total. The summed E-state index contributed by atoms with van der Waals surface area (Å²) in [6.45, 7) is 0. The topological polar surface area (TPSA) is 63.8 Å². The maximum atomic E-state index is 5.74. The number of hydrogen-bond donors (Lipinski definition) is 2. The number of hydrazine groups is 1. The molecule has 4 nitrogen and oxygen atoms in total. The Hall–Kier alpha value is -2.30. The molecule has 2 aromatic heterocycles. The second-order valence-electron chi connectivity index (χ2n) is 4.70. The fraction of sp³-hybridized carbons (Fsp3) is 0.125. The van der Waals surface area contributed by atoms with E-state index in [0.717, 1.165) is 17.5 Å². The van der Waals surface area contributed by atoms with Gasteiger partial charge in [0.1, 0.15) is 0 Å². The number of aromatic nitrogens is 2. The smallest absolute Gasteiger partial charge is 0.0678 e. The molecule has 3 aromatic rings. The summed E-state index contributed by atoms with van der Waals surface area (Å²) < 4.78 is 0. The van der Waals surface area contributed by atoms with Crippen LogP contribution in [0, 0.1) is 0 Å². The molecule has 0 aliphatic carbocycles. The molecule has 0 spiro atoms. The van der Waals surface area contributed by atoms with Crippen LogP contribution in [0.3, 0.4) is 0 Å². The van der Waals surface area contributed by atoms with Gasteiger partial charge in [0.2, 0.25) is 0 Å². The second kappa shape index (κ2) is 5.77. The SMILES string of the molecule is NNC(Cc1ccncc1)c1nccc2ccccc12. The van der Waals surface area contributed by atoms with Gasteiger partial charge in [-0.25, -0.2) is 0 Å². The molecule has 1 aromatic carbocycles. The van der Waals surface area contributed by atoms with Crippen molar-refractivity contribution in [2.45, 2.75) is 12.5 Å². The molecule has 4 heteroatoms. The molecule has 100 valence electrons. The van der Waals surface area contributed by atoms with Gasteiger partial charge in [-0.2, -0.15) is 0 Å². The van der Waals surface area contributed by atoms with Gasteiger partial charge >= 0.3 is 0 Å². The van der Waals surface area contributed by atoms with E-state index in [1.165, 1.54) is 10.9 Å². The van der Waals surface area contributed by atoms with Crippen molar-refractivity contribution >= 4 is 10.8 Å². The van der Waals surface area contributed by atoms with Gasteiger partial charge in [0.25, 0.3) is 0 Å². The Labute approximate surface area is 117 Å². The van der Waals surface area contributed by atoms with Gasteiger partial charge in [-0.3, -0.25) is 21.2 Å². The minimum Gasteiger partial charge on any atom is -0.271 e. The fourth-order valence-electron chi connectivity index (χ4n) is 2.41. The zero-order valence-electron chi connectivity index (χ0n) is 11.0. The van der Waals surface area contributed by atoms with Crippen molar-refractivity contribution in [3.63, 3.8) is 0 Å². The van der Waals surface area contributed by atoms with E-state index in [0.29, 0.717) is 0 Å². The predicted octanol–water partition coefficient (Wildman–Crippen LogP) is 2.38. The van der Waals surface area contributed by atoms with Crippen LogP contribution < -0.4 is 11.3 Å². The Bertz CT molecular complexity index is 692. The Balaban J connectivity index is 1.99. The van der Waals surface area contributed by atoms with E-state index in [-0.39, 0.29) is 6.04 Å². The van der Waals surface area contributed by atoms with E-state index in [1.54, 1.807) is 12.4 Å². The Morgan fingerprint density at radius 1 is 1.00 bits per heavy atom. The highest BCUT2D eigenvalue weighted by atomic mass is 15.2. The van der Waals surface area contributed by atoms with Crippen molar-refractivity contribution in [2.24, 2.45) is 5.84 Å². The largest absolute Gasteiger partial charge is 0.271 e. The number of nitrogens with one attached hydrogen (secondary N) is 1. The summed E-state index contributed by atoms with van der Waals surface area (Å²) in [5.74, 6) is 5.74. The quantitative estimate of drug-likeness (QED) is 0.561. The summed E-state index contributed by atoms with van der Waals surface area (Å²) in [5, 5.41) is 2.31. The van der Waals surface area contributed by atoms with Crippen molar-refractivity contribution in [3.8, 4) is 0 Å². The molecule has 0 fully saturated rings. The molecule has 0 amide bonds. The molecule has 3 rings (SSSR count). The van der Waals surface area contributed by atoms with Crippen LogP contribution in [0.15, 0.2) is 61.1 Å². The van der Waals surface area contributed by atoms with Gasteiger partial charge in [0.15, 0.2) is 0 Å². The lowest BCUT2D eigenvalue weighted by atomic mass is 10.00. The summed E-state index contributed by atoms with van der Waals surface area (Å²) in [6, 6.07) is 14.2. The summed E-state index contributed by atoms with van der Waals surface area (Å²) in [5.41, 5.74) is 5.03. The average Bonchev–Trinajstić information content (AvgIpc) is 2.53. The third kappa shape index (κ3) is 2.52. The third-order valence-electron chi connectivity index (χ3n) is 3.42. The molecule has 0 aliphatic rings. The molecular formula is C16H16N4. The Kier molecular flexibility index (Phi) is 3.67. The molecule has 0 radical (unpaired) electrons. The van der Waals surface area contributed by atoms with Gasteiger partial charge in [0.05, 0.1) is 11.7 Å². The van der Waals surface area contributed by atoms with Crippen molar-refractivity contribution in [2.75, 3.05) is 0 Å². The highest BCUT2D eigenvalue weighted by molar-refractivity contribution is 5.84. The highest BCUT2D eigenvalue weighted by Crippen LogP contribution is 2.24. The molecule has 0 bridgehead atoms. The van der Waals surface area contributed by atoms with E-state index in [9.17, 15) is 0 Å². The average molecular weight is 264 g/mol. The summed E-state index contributed by atoms with van der Waals surface area (Å²) in [6.07, 6.45) is 6.19. The van der Waals surface area contributed by atoms with E-state index < -0.39 is 0 Å². The van der Waals surface area contributed by atoms with Crippen LogP contribution in [0.1, 0.15) is 17.3 Å². The fourth-order valence-corrected chi connectivity index (χ4v) is 2.41. The first kappa shape index (κ1) is 12.7. The van der Waals surface area contributed by atoms with E-state index in [4.69, 9.17) is 5.84 Å². The van der Waals surface area contributed by atoms with Crippen molar-refractivity contribution in [1.82, 2.24) is 15.4 Å². The molecular weight excluding hydrogens is 248 g/mol. The normalized spacial score (nSPS) is 12.4. The van der Waals surface area contributed by atoms with Crippen LogP contribution in [0.2, 0.25) is 0 Å². The van der Waals surface area contributed by atoms with E-state index in [2.05, 4.69) is 27.5 Å². The van der Waals surface area contributed by atoms with Gasteiger partial charge in [-0.15, -0.1) is 0 Å². The molecule has 20 heavy (non-hydrogen) atoms. The molecule has 1 atom stereocenters. The summed E-state index contributed by atoms with van der Waals surface area (Å²) in [7, 11) is 0. The standard InChI is InChI=1S/C16H16N4/c17-20-15(11-12-5-8-18-9-6-12)16-14-4-2-1-3-13(14)7-10-19-16/h1-10,15,20H,11,17H2. The van der Waals surface area contributed by atoms with Crippen LogP contribution in [0.25, 0.3) is 10.8 Å². The van der Waals surface area contributed by atoms with Crippen LogP contribution in [-0.4, -0.2) is 9.97 Å². The van der Waals surface area contributed by atoms with Crippen molar-refractivity contribution in [1.29, 1.82) is 0 Å². The number of rotatable bonds is 4. The molecule has 0 saturated heterocycles. The molecule has 1 unspecified atom stereocenters. The minimum atomic E-state index is -0.0245. The number of nitrogens with two attached hydrogens (primary N) is 1. The second-order valence-corrected chi connectivity index (χ2v) is 4.70. The van der Waals surface area contributed by atoms with Gasteiger partial charge < -0.3 is 0 Å². The molecule has 2 heterocycles. The number of nitrogens with zero attached hydrogens (tertiary/aromatic N) is 2. The van der Waals surface area contributed by atoms with Crippen LogP contribution in [0.4, 0.5) is 0 Å². The Morgan fingerprint density at radius 2 is 1.80 bits per heavy atom. The lowest BCUT2D eigenvalue weighted by Crippen LogP contribution is -2.30. The monoisotopic (exact) mass is 264 g/mol. The van der Waals surface area contributed by atoms with Crippen molar-refractivity contribution in [3.05, 3.63) is 72.3 Å². The Morgan fingerprint density at radius 3 is 2.60 bits per heavy atom. The van der Waals surface area contributed by atoms with E-state index >= 15 is 0 Å². The highest BCUT2D eigenvalue weighted by Gasteiger charge is 2.14. The number of benzene rings is 1. The lowest BCUT2D eigenvalue weighted by molar-refractivity contribution is 0.542. The lowest BCUT2D eigenvalue weighted by Gasteiger charge is -2.17. The maximum absolute atomic E-state index is 5.74. The van der Waals surface area contributed by atoms with Crippen LogP contribution >= 0.6 is 0 Å². The number of fused-ring (bicyclic) bond motifs is 1. The molecule has 0 saturated carbocycles. The van der Waals surface area contributed by atoms with Gasteiger partial charge in [-0.05, 0) is 35.6 Å². The minimum absolute atomic E-state index is 0.0245. The zero-order chi connectivity index (χ0) is 13.8. The van der Waals surface area contributed by atoms with Gasteiger partial charge in [-0.1, -0.05) is 24.3 Å². The first-order valence-electron chi connectivity index (χ1n) is 6.57. The van der Waals surface area contributed by atoms with Crippen LogP contribution in [-0.2, 0) is 6.42 Å². The van der Waals surface area contributed by atoms with Gasteiger partial charge in [0, 0.05) is 24.0 Å². The van der Waals surface area contributed by atoms with Crippen LogP contribution in [0.5, 0.6) is 0 Å². The van der Waals surface area contributed by atoms with E-state index in [1.807, 2.05) is 36.5 Å².